The van der Waals surface area contributed by atoms with Crippen LogP contribution in [0.15, 0.2) is 12.2 Å². The molecule has 2 unspecified atom stereocenters. The second kappa shape index (κ2) is 10.7. The SMILES string of the molecule is C/C=C\COCC(O)NCC(O)CN(C)CC. The molecule has 0 aromatic rings. The lowest BCUT2D eigenvalue weighted by molar-refractivity contribution is 0.0183. The van der Waals surface area contributed by atoms with Gasteiger partial charge < -0.3 is 19.8 Å². The van der Waals surface area contributed by atoms with E-state index in [0.29, 0.717) is 19.7 Å². The van der Waals surface area contributed by atoms with Gasteiger partial charge in [-0.25, -0.2) is 0 Å². The Bertz CT molecular complexity index is 200. The van der Waals surface area contributed by atoms with Crippen LogP contribution in [0, 0.1) is 0 Å². The van der Waals surface area contributed by atoms with Crippen molar-refractivity contribution in [1.29, 1.82) is 0 Å². The second-order valence-corrected chi connectivity index (χ2v) is 4.04. The van der Waals surface area contributed by atoms with Crippen molar-refractivity contribution in [2.24, 2.45) is 0 Å². The molecule has 0 spiro atoms. The molecule has 0 amide bonds. The standard InChI is InChI=1S/C12H26N2O3/c1-4-6-7-17-10-12(16)13-8-11(15)9-14(3)5-2/h4,6,11-13,15-16H,5,7-10H2,1-3H3/b6-4-. The lowest BCUT2D eigenvalue weighted by Gasteiger charge is -2.20. The molecule has 5 heteroatoms. The Balaban J connectivity index is 3.51. The Morgan fingerprint density at radius 3 is 2.71 bits per heavy atom. The molecular weight excluding hydrogens is 220 g/mol. The van der Waals surface area contributed by atoms with E-state index < -0.39 is 12.3 Å². The number of aliphatic hydroxyl groups excluding tert-OH is 2. The van der Waals surface area contributed by atoms with E-state index in [-0.39, 0.29) is 6.61 Å². The first-order valence-electron chi connectivity index (χ1n) is 6.07. The van der Waals surface area contributed by atoms with Gasteiger partial charge in [0.1, 0.15) is 6.23 Å². The highest BCUT2D eigenvalue weighted by molar-refractivity contribution is 4.76. The highest BCUT2D eigenvalue weighted by Crippen LogP contribution is 1.89. The summed E-state index contributed by atoms with van der Waals surface area (Å²) in [6.45, 7) is 6.51. The summed E-state index contributed by atoms with van der Waals surface area (Å²) in [6.07, 6.45) is 2.55. The molecule has 0 fully saturated rings. The minimum absolute atomic E-state index is 0.223. The van der Waals surface area contributed by atoms with E-state index in [1.165, 1.54) is 0 Å². The molecule has 0 saturated carbocycles. The third-order valence-electron chi connectivity index (χ3n) is 2.38. The average molecular weight is 246 g/mol. The Kier molecular flexibility index (Phi) is 10.4. The van der Waals surface area contributed by atoms with Crippen molar-refractivity contribution in [2.75, 3.05) is 39.9 Å². The zero-order valence-corrected chi connectivity index (χ0v) is 11.1. The number of ether oxygens (including phenoxy) is 1. The number of allylic oxidation sites excluding steroid dienone is 1. The highest BCUT2D eigenvalue weighted by atomic mass is 16.5. The van der Waals surface area contributed by atoms with Crippen LogP contribution in [0.3, 0.4) is 0 Å². The van der Waals surface area contributed by atoms with Gasteiger partial charge in [-0.3, -0.25) is 5.32 Å². The fourth-order valence-electron chi connectivity index (χ4n) is 1.23. The lowest BCUT2D eigenvalue weighted by atomic mass is 10.3. The molecule has 0 bridgehead atoms. The molecule has 0 aromatic heterocycles. The molecule has 0 heterocycles. The molecule has 0 aliphatic carbocycles. The van der Waals surface area contributed by atoms with Crippen LogP contribution in [0.4, 0.5) is 0 Å². The topological polar surface area (TPSA) is 65.0 Å². The fraction of sp³-hybridized carbons (Fsp3) is 0.833. The number of aliphatic hydroxyl groups is 2. The molecular formula is C12H26N2O3. The third-order valence-corrected chi connectivity index (χ3v) is 2.38. The van der Waals surface area contributed by atoms with E-state index >= 15 is 0 Å². The first-order chi connectivity index (χ1) is 8.10. The van der Waals surface area contributed by atoms with Crippen LogP contribution in [0.1, 0.15) is 13.8 Å². The smallest absolute Gasteiger partial charge is 0.128 e. The van der Waals surface area contributed by atoms with Crippen molar-refractivity contribution in [3.8, 4) is 0 Å². The summed E-state index contributed by atoms with van der Waals surface area (Å²) in [5.74, 6) is 0. The minimum atomic E-state index is -0.734. The maximum absolute atomic E-state index is 9.64. The van der Waals surface area contributed by atoms with E-state index in [9.17, 15) is 10.2 Å². The van der Waals surface area contributed by atoms with E-state index in [4.69, 9.17) is 4.74 Å². The van der Waals surface area contributed by atoms with Crippen LogP contribution < -0.4 is 5.32 Å². The van der Waals surface area contributed by atoms with Crippen molar-refractivity contribution in [2.45, 2.75) is 26.2 Å². The van der Waals surface area contributed by atoms with Gasteiger partial charge in [-0.05, 0) is 20.5 Å². The quantitative estimate of drug-likeness (QED) is 0.283. The van der Waals surface area contributed by atoms with Crippen LogP contribution in [0.25, 0.3) is 0 Å². The molecule has 102 valence electrons. The van der Waals surface area contributed by atoms with Crippen molar-refractivity contribution < 1.29 is 14.9 Å². The van der Waals surface area contributed by atoms with Crippen LogP contribution in [-0.4, -0.2) is 67.3 Å². The number of nitrogens with zero attached hydrogens (tertiary/aromatic N) is 1. The maximum atomic E-state index is 9.64. The van der Waals surface area contributed by atoms with E-state index in [1.807, 2.05) is 37.9 Å². The van der Waals surface area contributed by atoms with Gasteiger partial charge in [0.15, 0.2) is 0 Å². The molecule has 3 N–H and O–H groups in total. The number of hydrogen-bond acceptors (Lipinski definition) is 5. The van der Waals surface area contributed by atoms with Crippen LogP contribution >= 0.6 is 0 Å². The number of hydrogen-bond donors (Lipinski definition) is 3. The van der Waals surface area contributed by atoms with Gasteiger partial charge in [0, 0.05) is 13.1 Å². The van der Waals surface area contributed by atoms with Crippen molar-refractivity contribution in [1.82, 2.24) is 10.2 Å². The molecule has 2 atom stereocenters. The molecule has 0 rings (SSSR count). The summed E-state index contributed by atoms with van der Waals surface area (Å²) in [4.78, 5) is 2.02. The summed E-state index contributed by atoms with van der Waals surface area (Å²) >= 11 is 0. The van der Waals surface area contributed by atoms with Crippen LogP contribution in [0.2, 0.25) is 0 Å². The van der Waals surface area contributed by atoms with Gasteiger partial charge in [0.05, 0.1) is 19.3 Å². The molecule has 0 aromatic carbocycles. The van der Waals surface area contributed by atoms with Crippen LogP contribution in [0.5, 0.6) is 0 Å². The molecule has 5 nitrogen and oxygen atoms in total. The first-order valence-corrected chi connectivity index (χ1v) is 6.07. The predicted molar refractivity (Wildman–Crippen MR) is 68.8 cm³/mol. The maximum Gasteiger partial charge on any atom is 0.128 e. The lowest BCUT2D eigenvalue weighted by Crippen LogP contribution is -2.42. The zero-order valence-electron chi connectivity index (χ0n) is 11.1. The van der Waals surface area contributed by atoms with E-state index in [1.54, 1.807) is 0 Å². The molecule has 0 aliphatic heterocycles. The Morgan fingerprint density at radius 2 is 2.12 bits per heavy atom. The van der Waals surface area contributed by atoms with Gasteiger partial charge in [-0.2, -0.15) is 0 Å². The summed E-state index contributed by atoms with van der Waals surface area (Å²) in [5, 5.41) is 22.0. The Morgan fingerprint density at radius 1 is 1.41 bits per heavy atom. The van der Waals surface area contributed by atoms with Gasteiger partial charge >= 0.3 is 0 Å². The van der Waals surface area contributed by atoms with E-state index in [2.05, 4.69) is 5.32 Å². The minimum Gasteiger partial charge on any atom is -0.390 e. The average Bonchev–Trinajstić information content (AvgIpc) is 2.32. The summed E-state index contributed by atoms with van der Waals surface area (Å²) in [7, 11) is 1.94. The van der Waals surface area contributed by atoms with Gasteiger partial charge in [-0.1, -0.05) is 19.1 Å². The van der Waals surface area contributed by atoms with Crippen molar-refractivity contribution >= 4 is 0 Å². The van der Waals surface area contributed by atoms with Crippen LogP contribution in [-0.2, 0) is 4.74 Å². The molecule has 0 saturated heterocycles. The largest absolute Gasteiger partial charge is 0.390 e. The normalized spacial score (nSPS) is 15.6. The van der Waals surface area contributed by atoms with E-state index in [0.717, 1.165) is 6.54 Å². The summed E-state index contributed by atoms with van der Waals surface area (Å²) in [5.41, 5.74) is 0. The fourth-order valence-corrected chi connectivity index (χ4v) is 1.23. The third kappa shape index (κ3) is 10.4. The molecule has 0 radical (unpaired) electrons. The monoisotopic (exact) mass is 246 g/mol. The predicted octanol–water partition coefficient (Wildman–Crippen LogP) is -0.200. The zero-order chi connectivity index (χ0) is 13.1. The highest BCUT2D eigenvalue weighted by Gasteiger charge is 2.09. The first kappa shape index (κ1) is 16.5. The van der Waals surface area contributed by atoms with Crippen molar-refractivity contribution in [3.63, 3.8) is 0 Å². The Hall–Kier alpha value is -0.460. The molecule has 0 aliphatic rings. The van der Waals surface area contributed by atoms with Gasteiger partial charge in [0.2, 0.25) is 0 Å². The summed E-state index contributed by atoms with van der Waals surface area (Å²) < 4.78 is 5.18. The Labute approximate surface area is 104 Å². The number of rotatable bonds is 10. The van der Waals surface area contributed by atoms with Gasteiger partial charge in [0.25, 0.3) is 0 Å². The van der Waals surface area contributed by atoms with Gasteiger partial charge in [-0.15, -0.1) is 0 Å². The summed E-state index contributed by atoms with van der Waals surface area (Å²) in [6, 6.07) is 0. The second-order valence-electron chi connectivity index (χ2n) is 4.04. The number of nitrogens with one attached hydrogen (secondary N) is 1. The molecule has 17 heavy (non-hydrogen) atoms. The number of likely N-dealkylation sites (N-methyl/N-ethyl adjacent to an activating group) is 1. The van der Waals surface area contributed by atoms with Crippen molar-refractivity contribution in [3.05, 3.63) is 12.2 Å².